The maximum Gasteiger partial charge on any atom is 0.344 e. The third-order valence-corrected chi connectivity index (χ3v) is 5.11. The van der Waals surface area contributed by atoms with E-state index >= 15 is 0 Å². The molecular formula is C20H21FN2O4. The van der Waals surface area contributed by atoms with Crippen LogP contribution in [-0.4, -0.2) is 51.3 Å². The third kappa shape index (κ3) is 2.98. The Morgan fingerprint density at radius 2 is 1.78 bits per heavy atom. The van der Waals surface area contributed by atoms with Crippen LogP contribution in [-0.2, 0) is 4.74 Å². The zero-order valence-corrected chi connectivity index (χ0v) is 15.3. The number of nitrogens with zero attached hydrogens (tertiary/aromatic N) is 2. The molecule has 27 heavy (non-hydrogen) atoms. The summed E-state index contributed by atoms with van der Waals surface area (Å²) in [6.07, 6.45) is -0.463. The second-order valence-electron chi connectivity index (χ2n) is 6.50. The number of rotatable bonds is 4. The van der Waals surface area contributed by atoms with Gasteiger partial charge in [0.05, 0.1) is 19.9 Å². The zero-order chi connectivity index (χ0) is 19.0. The fraction of sp³-hybridized carbons (Fsp3) is 0.350. The highest BCUT2D eigenvalue weighted by Gasteiger charge is 2.40. The Bertz CT molecular complexity index is 865. The molecule has 1 atom stereocenters. The predicted octanol–water partition coefficient (Wildman–Crippen LogP) is 2.83. The molecule has 0 aliphatic carbocycles. The number of carbonyl (C=O) groups excluding carboxylic acids is 1. The highest BCUT2D eigenvalue weighted by atomic mass is 19.1. The number of piperazine rings is 1. The number of methoxy groups -OCH3 is 2. The first kappa shape index (κ1) is 17.6. The molecule has 0 aromatic heterocycles. The van der Waals surface area contributed by atoms with Crippen LogP contribution in [0.1, 0.15) is 22.1 Å². The fourth-order valence-corrected chi connectivity index (χ4v) is 3.76. The molecular weight excluding hydrogens is 351 g/mol. The van der Waals surface area contributed by atoms with E-state index in [-0.39, 0.29) is 5.82 Å². The largest absolute Gasteiger partial charge is 0.493 e. The zero-order valence-electron chi connectivity index (χ0n) is 15.3. The number of cyclic esters (lactones) is 1. The van der Waals surface area contributed by atoms with Gasteiger partial charge in [-0.2, -0.15) is 0 Å². The summed E-state index contributed by atoms with van der Waals surface area (Å²) < 4.78 is 30.3. The minimum Gasteiger partial charge on any atom is -0.493 e. The standard InChI is InChI=1S/C20H21FN2O4/c1-25-16-8-7-13-17(18(16)26-2)20(24)27-19(13)23-11-9-22(10-12-23)15-6-4-3-5-14(15)21/h3-8,19H,9-12H2,1-2H3/t19-/m1/s1. The van der Waals surface area contributed by atoms with Crippen molar-refractivity contribution in [1.82, 2.24) is 4.90 Å². The number of esters is 1. The maximum atomic E-state index is 14.0. The Hall–Kier alpha value is -2.80. The Morgan fingerprint density at radius 1 is 1.04 bits per heavy atom. The summed E-state index contributed by atoms with van der Waals surface area (Å²) in [6, 6.07) is 10.4. The van der Waals surface area contributed by atoms with Crippen molar-refractivity contribution in [3.63, 3.8) is 0 Å². The SMILES string of the molecule is COc1ccc2c(c1OC)C(=O)O[C@H]2N1CCN(c2ccccc2F)CC1. The van der Waals surface area contributed by atoms with Gasteiger partial charge in [0.25, 0.3) is 0 Å². The molecule has 0 amide bonds. The number of halogens is 1. The van der Waals surface area contributed by atoms with Gasteiger partial charge in [-0.25, -0.2) is 9.18 Å². The van der Waals surface area contributed by atoms with Crippen LogP contribution < -0.4 is 14.4 Å². The Kier molecular flexibility index (Phi) is 4.61. The van der Waals surface area contributed by atoms with Gasteiger partial charge in [-0.3, -0.25) is 4.90 Å². The van der Waals surface area contributed by atoms with Gasteiger partial charge in [0.2, 0.25) is 0 Å². The average molecular weight is 372 g/mol. The Labute approximate surface area is 157 Å². The number of hydrogen-bond acceptors (Lipinski definition) is 6. The first-order valence-electron chi connectivity index (χ1n) is 8.83. The van der Waals surface area contributed by atoms with Crippen LogP contribution in [0.4, 0.5) is 10.1 Å². The van der Waals surface area contributed by atoms with Crippen molar-refractivity contribution in [1.29, 1.82) is 0 Å². The van der Waals surface area contributed by atoms with Gasteiger partial charge in [0.15, 0.2) is 17.7 Å². The van der Waals surface area contributed by atoms with Gasteiger partial charge in [0, 0.05) is 31.7 Å². The summed E-state index contributed by atoms with van der Waals surface area (Å²) in [5, 5.41) is 0. The molecule has 2 aliphatic rings. The predicted molar refractivity (Wildman–Crippen MR) is 97.9 cm³/mol. The van der Waals surface area contributed by atoms with E-state index in [9.17, 15) is 9.18 Å². The molecule has 6 nitrogen and oxygen atoms in total. The molecule has 0 unspecified atom stereocenters. The molecule has 1 saturated heterocycles. The number of anilines is 1. The Morgan fingerprint density at radius 3 is 2.44 bits per heavy atom. The van der Waals surface area contributed by atoms with E-state index < -0.39 is 12.2 Å². The summed E-state index contributed by atoms with van der Waals surface area (Å²) in [7, 11) is 3.04. The van der Waals surface area contributed by atoms with Gasteiger partial charge in [-0.1, -0.05) is 12.1 Å². The number of fused-ring (bicyclic) bond motifs is 1. The van der Waals surface area contributed by atoms with Crippen molar-refractivity contribution in [2.45, 2.75) is 6.23 Å². The lowest BCUT2D eigenvalue weighted by Crippen LogP contribution is -2.48. The van der Waals surface area contributed by atoms with E-state index in [4.69, 9.17) is 14.2 Å². The van der Waals surface area contributed by atoms with Crippen molar-refractivity contribution in [2.75, 3.05) is 45.3 Å². The smallest absolute Gasteiger partial charge is 0.344 e. The van der Waals surface area contributed by atoms with Crippen molar-refractivity contribution in [3.05, 3.63) is 53.3 Å². The van der Waals surface area contributed by atoms with Gasteiger partial charge in [-0.15, -0.1) is 0 Å². The normalized spacial score (nSPS) is 19.6. The summed E-state index contributed by atoms with van der Waals surface area (Å²) in [4.78, 5) is 16.6. The van der Waals surface area contributed by atoms with Crippen LogP contribution in [0, 0.1) is 5.82 Å². The van der Waals surface area contributed by atoms with Crippen LogP contribution in [0.15, 0.2) is 36.4 Å². The second kappa shape index (κ2) is 7.08. The molecule has 2 aromatic carbocycles. The fourth-order valence-electron chi connectivity index (χ4n) is 3.76. The molecule has 142 valence electrons. The van der Waals surface area contributed by atoms with E-state index in [2.05, 4.69) is 4.90 Å². The van der Waals surface area contributed by atoms with Gasteiger partial charge < -0.3 is 19.1 Å². The summed E-state index contributed by atoms with van der Waals surface area (Å²) >= 11 is 0. The lowest BCUT2D eigenvalue weighted by molar-refractivity contribution is -0.0251. The molecule has 2 aliphatic heterocycles. The van der Waals surface area contributed by atoms with Crippen LogP contribution in [0.3, 0.4) is 0 Å². The monoisotopic (exact) mass is 372 g/mol. The first-order chi connectivity index (χ1) is 13.1. The summed E-state index contributed by atoms with van der Waals surface area (Å²) in [6.45, 7) is 2.61. The highest BCUT2D eigenvalue weighted by Crippen LogP contribution is 2.43. The average Bonchev–Trinajstić information content (AvgIpc) is 3.04. The molecule has 0 spiro atoms. The summed E-state index contributed by atoms with van der Waals surface area (Å²) in [5.74, 6) is 0.258. The lowest BCUT2D eigenvalue weighted by atomic mass is 10.1. The first-order valence-corrected chi connectivity index (χ1v) is 8.83. The highest BCUT2D eigenvalue weighted by molar-refractivity contribution is 5.98. The van der Waals surface area contributed by atoms with Gasteiger partial charge >= 0.3 is 5.97 Å². The minimum atomic E-state index is -0.463. The van der Waals surface area contributed by atoms with Crippen LogP contribution in [0.2, 0.25) is 0 Å². The molecule has 0 radical (unpaired) electrons. The third-order valence-electron chi connectivity index (χ3n) is 5.11. The number of hydrogen-bond donors (Lipinski definition) is 0. The van der Waals surface area contributed by atoms with E-state index in [0.717, 1.165) is 5.56 Å². The number of benzene rings is 2. The van der Waals surface area contributed by atoms with E-state index in [1.54, 1.807) is 18.2 Å². The topological polar surface area (TPSA) is 51.2 Å². The molecule has 1 fully saturated rings. The number of carbonyl (C=O) groups is 1. The molecule has 0 bridgehead atoms. The Balaban J connectivity index is 1.54. The number of para-hydroxylation sites is 1. The van der Waals surface area contributed by atoms with E-state index in [0.29, 0.717) is 48.9 Å². The lowest BCUT2D eigenvalue weighted by Gasteiger charge is -2.38. The van der Waals surface area contributed by atoms with Crippen LogP contribution >= 0.6 is 0 Å². The summed E-state index contributed by atoms with van der Waals surface area (Å²) in [5.41, 5.74) is 1.79. The molecule has 7 heteroatoms. The van der Waals surface area contributed by atoms with Crippen LogP contribution in [0.25, 0.3) is 0 Å². The van der Waals surface area contributed by atoms with Gasteiger partial charge in [-0.05, 0) is 24.3 Å². The maximum absolute atomic E-state index is 14.0. The molecule has 4 rings (SSSR count). The van der Waals surface area contributed by atoms with Crippen LogP contribution in [0.5, 0.6) is 11.5 Å². The van der Waals surface area contributed by atoms with Gasteiger partial charge in [0.1, 0.15) is 11.4 Å². The minimum absolute atomic E-state index is 0.222. The number of ether oxygens (including phenoxy) is 3. The molecule has 0 saturated carbocycles. The molecule has 2 aromatic rings. The van der Waals surface area contributed by atoms with Crippen molar-refractivity contribution in [3.8, 4) is 11.5 Å². The van der Waals surface area contributed by atoms with E-state index in [1.807, 2.05) is 17.0 Å². The quantitative estimate of drug-likeness (QED) is 0.770. The van der Waals surface area contributed by atoms with E-state index in [1.165, 1.54) is 20.3 Å². The van der Waals surface area contributed by atoms with Crippen molar-refractivity contribution >= 4 is 11.7 Å². The molecule has 0 N–H and O–H groups in total. The van der Waals surface area contributed by atoms with Crippen molar-refractivity contribution < 1.29 is 23.4 Å². The van der Waals surface area contributed by atoms with Crippen molar-refractivity contribution in [2.24, 2.45) is 0 Å². The second-order valence-corrected chi connectivity index (χ2v) is 6.50. The molecule has 2 heterocycles.